The van der Waals surface area contributed by atoms with E-state index in [0.29, 0.717) is 18.0 Å². The molecule has 2 aromatic rings. The molecule has 110 valence electrons. The lowest BCUT2D eigenvalue weighted by molar-refractivity contribution is -0.116. The molecule has 1 spiro atoms. The zero-order valence-electron chi connectivity index (χ0n) is 12.1. The van der Waals surface area contributed by atoms with Gasteiger partial charge in [-0.1, -0.05) is 0 Å². The van der Waals surface area contributed by atoms with Crippen molar-refractivity contribution in [3.63, 3.8) is 0 Å². The number of fused-ring (bicyclic) bond motifs is 1. The second kappa shape index (κ2) is 4.53. The van der Waals surface area contributed by atoms with Crippen LogP contribution in [-0.4, -0.2) is 58.9 Å². The van der Waals surface area contributed by atoms with E-state index in [2.05, 4.69) is 31.8 Å². The number of hydrogen-bond acceptors (Lipinski definition) is 5. The number of nitrogens with zero attached hydrogens (tertiary/aromatic N) is 4. The molecule has 0 amide bonds. The molecule has 4 rings (SSSR count). The monoisotopic (exact) mass is 285 g/mol. The van der Waals surface area contributed by atoms with E-state index in [4.69, 9.17) is 0 Å². The first-order chi connectivity index (χ1) is 10.2. The molecule has 0 unspecified atom stereocenters. The Hall–Kier alpha value is -1.95. The molecule has 0 atom stereocenters. The predicted octanol–water partition coefficient (Wildman–Crippen LogP) is 1.06. The Balaban J connectivity index is 1.45. The van der Waals surface area contributed by atoms with E-state index in [0.717, 1.165) is 36.2 Å². The highest BCUT2D eigenvalue weighted by Crippen LogP contribution is 2.50. The van der Waals surface area contributed by atoms with Crippen molar-refractivity contribution in [3.8, 4) is 0 Å². The van der Waals surface area contributed by atoms with Gasteiger partial charge in [-0.05, 0) is 24.3 Å². The molecule has 1 aliphatic carbocycles. The first kappa shape index (κ1) is 12.8. The van der Waals surface area contributed by atoms with E-state index in [9.17, 15) is 4.79 Å². The van der Waals surface area contributed by atoms with Crippen molar-refractivity contribution in [3.05, 3.63) is 18.6 Å². The van der Waals surface area contributed by atoms with Gasteiger partial charge in [0.2, 0.25) is 0 Å². The smallest absolute Gasteiger partial charge is 0.142 e. The lowest BCUT2D eigenvalue weighted by Crippen LogP contribution is -2.66. The number of anilines is 1. The largest absolute Gasteiger partial charge is 0.356 e. The number of aromatic amines is 1. The summed E-state index contributed by atoms with van der Waals surface area (Å²) in [6, 6.07) is 2.57. The van der Waals surface area contributed by atoms with Crippen LogP contribution in [0.1, 0.15) is 12.8 Å². The third kappa shape index (κ3) is 1.93. The Morgan fingerprint density at radius 2 is 2.29 bits per heavy atom. The molecule has 1 saturated carbocycles. The molecule has 6 nitrogen and oxygen atoms in total. The molecule has 0 radical (unpaired) electrons. The molecule has 0 bridgehead atoms. The summed E-state index contributed by atoms with van der Waals surface area (Å²) in [5.41, 5.74) is 1.34. The van der Waals surface area contributed by atoms with Gasteiger partial charge in [0.1, 0.15) is 24.1 Å². The quantitative estimate of drug-likeness (QED) is 0.851. The van der Waals surface area contributed by atoms with E-state index in [1.807, 2.05) is 12.3 Å². The van der Waals surface area contributed by atoms with Gasteiger partial charge in [-0.15, -0.1) is 0 Å². The van der Waals surface area contributed by atoms with Gasteiger partial charge < -0.3 is 14.7 Å². The summed E-state index contributed by atoms with van der Waals surface area (Å²) in [6.07, 6.45) is 6.90. The molecule has 2 aromatic heterocycles. The number of carbonyl (C=O) groups excluding carboxylic acids is 1. The van der Waals surface area contributed by atoms with Gasteiger partial charge in [-0.25, -0.2) is 9.97 Å². The van der Waals surface area contributed by atoms with Gasteiger partial charge in [0.15, 0.2) is 0 Å². The van der Waals surface area contributed by atoms with E-state index in [1.54, 1.807) is 6.33 Å². The van der Waals surface area contributed by atoms with Crippen LogP contribution in [0.2, 0.25) is 0 Å². The van der Waals surface area contributed by atoms with Crippen molar-refractivity contribution in [1.82, 2.24) is 19.9 Å². The molecule has 3 heterocycles. The molecular weight excluding hydrogens is 266 g/mol. The summed E-state index contributed by atoms with van der Waals surface area (Å²) in [7, 11) is 2.12. The second-order valence-electron chi connectivity index (χ2n) is 6.45. The van der Waals surface area contributed by atoms with Gasteiger partial charge in [0.05, 0.1) is 11.9 Å². The average molecular weight is 285 g/mol. The Labute approximate surface area is 123 Å². The third-order valence-corrected chi connectivity index (χ3v) is 5.00. The van der Waals surface area contributed by atoms with Crippen molar-refractivity contribution in [1.29, 1.82) is 0 Å². The van der Waals surface area contributed by atoms with Gasteiger partial charge >= 0.3 is 0 Å². The van der Waals surface area contributed by atoms with Crippen molar-refractivity contribution in [2.24, 2.45) is 5.41 Å². The molecular formula is C15H19N5O. The topological polar surface area (TPSA) is 65.1 Å². The van der Waals surface area contributed by atoms with Gasteiger partial charge in [0.25, 0.3) is 0 Å². The summed E-state index contributed by atoms with van der Waals surface area (Å²) >= 11 is 0. The van der Waals surface area contributed by atoms with Gasteiger partial charge in [-0.2, -0.15) is 0 Å². The molecule has 2 fully saturated rings. The normalized spacial score (nSPS) is 21.2. The number of aldehydes is 1. The van der Waals surface area contributed by atoms with Crippen LogP contribution >= 0.6 is 0 Å². The summed E-state index contributed by atoms with van der Waals surface area (Å²) < 4.78 is 0. The fraction of sp³-hybridized carbons (Fsp3) is 0.533. The van der Waals surface area contributed by atoms with Crippen LogP contribution in [0, 0.1) is 5.41 Å². The average Bonchev–Trinajstić information content (AvgIpc) is 2.87. The minimum absolute atomic E-state index is 0.451. The highest BCUT2D eigenvalue weighted by molar-refractivity contribution is 5.87. The fourth-order valence-electron chi connectivity index (χ4n) is 3.92. The third-order valence-electron chi connectivity index (χ3n) is 5.00. The predicted molar refractivity (Wildman–Crippen MR) is 80.3 cm³/mol. The Morgan fingerprint density at radius 3 is 3.05 bits per heavy atom. The van der Waals surface area contributed by atoms with Crippen LogP contribution in [0.4, 0.5) is 5.82 Å². The number of H-pyrrole nitrogens is 1. The maximum atomic E-state index is 10.5. The van der Waals surface area contributed by atoms with Crippen LogP contribution in [0.5, 0.6) is 0 Å². The van der Waals surface area contributed by atoms with Crippen LogP contribution in [-0.2, 0) is 4.79 Å². The van der Waals surface area contributed by atoms with E-state index in [-0.39, 0.29) is 0 Å². The molecule has 6 heteroatoms. The van der Waals surface area contributed by atoms with Crippen LogP contribution < -0.4 is 4.90 Å². The maximum absolute atomic E-state index is 10.5. The fourth-order valence-corrected chi connectivity index (χ4v) is 3.92. The number of rotatable bonds is 4. The number of likely N-dealkylation sites (tertiary alicyclic amines) is 1. The van der Waals surface area contributed by atoms with E-state index < -0.39 is 0 Å². The number of aromatic nitrogens is 3. The summed E-state index contributed by atoms with van der Waals surface area (Å²) in [5, 5.41) is 1.08. The lowest BCUT2D eigenvalue weighted by Gasteiger charge is -2.60. The van der Waals surface area contributed by atoms with Crippen molar-refractivity contribution < 1.29 is 4.79 Å². The minimum atomic E-state index is 0.451. The molecule has 2 aliphatic rings. The van der Waals surface area contributed by atoms with Crippen molar-refractivity contribution >= 4 is 23.1 Å². The number of nitrogens with one attached hydrogen (secondary N) is 1. The molecule has 1 saturated heterocycles. The summed E-state index contributed by atoms with van der Waals surface area (Å²) in [4.78, 5) is 26.8. The molecule has 1 N–H and O–H groups in total. The van der Waals surface area contributed by atoms with E-state index in [1.165, 1.54) is 12.8 Å². The maximum Gasteiger partial charge on any atom is 0.142 e. The molecule has 0 aromatic carbocycles. The van der Waals surface area contributed by atoms with Gasteiger partial charge in [0, 0.05) is 32.4 Å². The zero-order valence-corrected chi connectivity index (χ0v) is 12.1. The highest BCUT2D eigenvalue weighted by Gasteiger charge is 2.53. The van der Waals surface area contributed by atoms with Crippen molar-refractivity contribution in [2.75, 3.05) is 31.6 Å². The zero-order chi connectivity index (χ0) is 14.4. The lowest BCUT2D eigenvalue weighted by atomic mass is 9.60. The van der Waals surface area contributed by atoms with Crippen LogP contribution in [0.25, 0.3) is 11.0 Å². The second-order valence-corrected chi connectivity index (χ2v) is 6.45. The standard InChI is InChI=1S/C15H19N5O/c1-19(14-12-2-3-16-13(12)17-10-18-14)11-6-15(7-11)8-20(9-15)4-5-21/h2-3,5,10-11H,4,6-9H2,1H3,(H,16,17,18). The number of carbonyl (C=O) groups is 1. The summed E-state index contributed by atoms with van der Waals surface area (Å²) in [5.74, 6) is 1.00. The molecule has 1 aliphatic heterocycles. The first-order valence-corrected chi connectivity index (χ1v) is 7.38. The SMILES string of the molecule is CN(c1ncnc2[nH]ccc12)C1CC2(C1)CN(CC=O)C2. The minimum Gasteiger partial charge on any atom is -0.356 e. The van der Waals surface area contributed by atoms with E-state index >= 15 is 0 Å². The Bertz CT molecular complexity index is 668. The highest BCUT2D eigenvalue weighted by atomic mass is 16.1. The first-order valence-electron chi connectivity index (χ1n) is 7.38. The summed E-state index contributed by atoms with van der Waals surface area (Å²) in [6.45, 7) is 2.72. The van der Waals surface area contributed by atoms with Crippen LogP contribution in [0.3, 0.4) is 0 Å². The van der Waals surface area contributed by atoms with Crippen LogP contribution in [0.15, 0.2) is 18.6 Å². The Morgan fingerprint density at radius 1 is 1.48 bits per heavy atom. The van der Waals surface area contributed by atoms with Gasteiger partial charge in [-0.3, -0.25) is 4.90 Å². The van der Waals surface area contributed by atoms with Crippen molar-refractivity contribution in [2.45, 2.75) is 18.9 Å². The number of hydrogen-bond donors (Lipinski definition) is 1. The Kier molecular flexibility index (Phi) is 2.75. The molecule has 21 heavy (non-hydrogen) atoms.